The minimum Gasteiger partial charge on any atom is -0.497 e. The summed E-state index contributed by atoms with van der Waals surface area (Å²) in [6.45, 7) is 0.421. The lowest BCUT2D eigenvalue weighted by molar-refractivity contribution is 0.0941. The van der Waals surface area contributed by atoms with Crippen molar-refractivity contribution in [2.24, 2.45) is 7.05 Å². The number of carbonyl (C=O) groups is 1. The Labute approximate surface area is 151 Å². The lowest BCUT2D eigenvalue weighted by Gasteiger charge is -2.08. The number of carbonyl (C=O) groups excluding carboxylic acids is 1. The maximum atomic E-state index is 12.5. The van der Waals surface area contributed by atoms with Gasteiger partial charge in [0, 0.05) is 31.5 Å². The molecule has 1 N–H and O–H groups in total. The first-order valence-electron chi connectivity index (χ1n) is 8.06. The molecule has 0 aliphatic carbocycles. The zero-order chi connectivity index (χ0) is 18.5. The van der Waals surface area contributed by atoms with Crippen LogP contribution >= 0.6 is 0 Å². The highest BCUT2D eigenvalue weighted by atomic mass is 16.5. The summed E-state index contributed by atoms with van der Waals surface area (Å²) in [6, 6.07) is 10.9. The summed E-state index contributed by atoms with van der Waals surface area (Å²) in [7, 11) is 4.93. The van der Waals surface area contributed by atoms with E-state index in [1.54, 1.807) is 44.4 Å². The first-order valence-corrected chi connectivity index (χ1v) is 8.06. The van der Waals surface area contributed by atoms with Crippen molar-refractivity contribution in [3.8, 4) is 22.8 Å². The van der Waals surface area contributed by atoms with E-state index in [1.807, 2.05) is 30.3 Å². The summed E-state index contributed by atoms with van der Waals surface area (Å²) in [6.07, 6.45) is 3.39. The molecule has 1 amide bonds. The summed E-state index contributed by atoms with van der Waals surface area (Å²) < 4.78 is 12.2. The molecule has 0 fully saturated rings. The number of nitrogens with zero attached hydrogens (tertiary/aromatic N) is 3. The fourth-order valence-corrected chi connectivity index (χ4v) is 2.60. The van der Waals surface area contributed by atoms with Crippen molar-refractivity contribution in [2.75, 3.05) is 14.2 Å². The Bertz CT molecular complexity index is 906. The van der Waals surface area contributed by atoms with E-state index in [9.17, 15) is 4.79 Å². The minimum absolute atomic E-state index is 0.204. The van der Waals surface area contributed by atoms with Crippen LogP contribution in [0, 0.1) is 0 Å². The van der Waals surface area contributed by atoms with Gasteiger partial charge in [-0.25, -0.2) is 0 Å². The van der Waals surface area contributed by atoms with Gasteiger partial charge < -0.3 is 14.8 Å². The normalized spacial score (nSPS) is 10.4. The van der Waals surface area contributed by atoms with Crippen molar-refractivity contribution in [1.29, 1.82) is 0 Å². The molecular weight excluding hydrogens is 332 g/mol. The molecule has 0 spiro atoms. The molecule has 134 valence electrons. The van der Waals surface area contributed by atoms with Gasteiger partial charge in [-0.3, -0.25) is 14.5 Å². The van der Waals surface area contributed by atoms with Gasteiger partial charge in [-0.1, -0.05) is 0 Å². The highest BCUT2D eigenvalue weighted by Crippen LogP contribution is 2.32. The summed E-state index contributed by atoms with van der Waals surface area (Å²) in [5.41, 5.74) is 2.83. The summed E-state index contributed by atoms with van der Waals surface area (Å²) >= 11 is 0. The third kappa shape index (κ3) is 3.66. The molecule has 0 radical (unpaired) electrons. The Morgan fingerprint density at radius 3 is 2.58 bits per heavy atom. The molecule has 0 saturated carbocycles. The van der Waals surface area contributed by atoms with Crippen LogP contribution in [0.3, 0.4) is 0 Å². The molecule has 0 bridgehead atoms. The fourth-order valence-electron chi connectivity index (χ4n) is 2.60. The number of rotatable bonds is 6. The zero-order valence-corrected chi connectivity index (χ0v) is 14.9. The average molecular weight is 352 g/mol. The van der Waals surface area contributed by atoms with E-state index in [0.717, 1.165) is 11.1 Å². The van der Waals surface area contributed by atoms with Crippen molar-refractivity contribution < 1.29 is 14.3 Å². The van der Waals surface area contributed by atoms with E-state index in [1.165, 1.54) is 0 Å². The monoisotopic (exact) mass is 352 g/mol. The number of amides is 1. The number of hydrogen-bond acceptors (Lipinski definition) is 5. The van der Waals surface area contributed by atoms with E-state index in [4.69, 9.17) is 9.47 Å². The molecule has 7 heteroatoms. The Hall–Kier alpha value is -3.35. The van der Waals surface area contributed by atoms with E-state index in [0.29, 0.717) is 29.4 Å². The standard InChI is InChI=1S/C19H20N4O3/c1-23-17(19(24)21-12-13-6-8-20-9-7-13)11-16(22-23)15-10-14(25-2)4-5-18(15)26-3/h4-11H,12H2,1-3H3,(H,21,24). The number of benzene rings is 1. The van der Waals surface area contributed by atoms with Crippen LogP contribution < -0.4 is 14.8 Å². The third-order valence-corrected chi connectivity index (χ3v) is 4.00. The quantitative estimate of drug-likeness (QED) is 0.737. The molecule has 0 aliphatic heterocycles. The minimum atomic E-state index is -0.204. The van der Waals surface area contributed by atoms with Crippen molar-refractivity contribution in [3.63, 3.8) is 0 Å². The van der Waals surface area contributed by atoms with Crippen LogP contribution in [0.15, 0.2) is 48.8 Å². The smallest absolute Gasteiger partial charge is 0.269 e. The van der Waals surface area contributed by atoms with Gasteiger partial charge in [-0.05, 0) is 42.0 Å². The number of pyridine rings is 1. The maximum absolute atomic E-state index is 12.5. The van der Waals surface area contributed by atoms with Crippen LogP contribution in [0.2, 0.25) is 0 Å². The number of nitrogens with one attached hydrogen (secondary N) is 1. The second-order valence-corrected chi connectivity index (χ2v) is 5.64. The van der Waals surface area contributed by atoms with E-state index in [2.05, 4.69) is 15.4 Å². The molecule has 26 heavy (non-hydrogen) atoms. The van der Waals surface area contributed by atoms with Gasteiger partial charge >= 0.3 is 0 Å². The Kier molecular flexibility index (Phi) is 5.17. The first-order chi connectivity index (χ1) is 12.6. The zero-order valence-electron chi connectivity index (χ0n) is 14.9. The number of ether oxygens (including phenoxy) is 2. The molecular formula is C19H20N4O3. The third-order valence-electron chi connectivity index (χ3n) is 4.00. The van der Waals surface area contributed by atoms with Crippen LogP contribution in [0.4, 0.5) is 0 Å². The fraction of sp³-hybridized carbons (Fsp3) is 0.211. The lowest BCUT2D eigenvalue weighted by Crippen LogP contribution is -2.25. The van der Waals surface area contributed by atoms with Gasteiger partial charge in [-0.15, -0.1) is 0 Å². The second kappa shape index (κ2) is 7.69. The van der Waals surface area contributed by atoms with Gasteiger partial charge in [0.1, 0.15) is 17.2 Å². The van der Waals surface area contributed by atoms with Gasteiger partial charge in [0.15, 0.2) is 0 Å². The maximum Gasteiger partial charge on any atom is 0.269 e. The van der Waals surface area contributed by atoms with Crippen LogP contribution in [-0.2, 0) is 13.6 Å². The Morgan fingerprint density at radius 2 is 1.88 bits per heavy atom. The van der Waals surface area contributed by atoms with Gasteiger partial charge in [0.05, 0.1) is 19.9 Å². The van der Waals surface area contributed by atoms with Crippen molar-refractivity contribution in [1.82, 2.24) is 20.1 Å². The molecule has 0 unspecified atom stereocenters. The summed E-state index contributed by atoms with van der Waals surface area (Å²) in [5.74, 6) is 1.15. The van der Waals surface area contributed by atoms with Gasteiger partial charge in [-0.2, -0.15) is 5.10 Å². The van der Waals surface area contributed by atoms with Gasteiger partial charge in [0.25, 0.3) is 5.91 Å². The van der Waals surface area contributed by atoms with E-state index in [-0.39, 0.29) is 5.91 Å². The number of aryl methyl sites for hydroxylation is 1. The number of aromatic nitrogens is 3. The molecule has 3 aromatic rings. The SMILES string of the molecule is COc1ccc(OC)c(-c2cc(C(=O)NCc3ccncc3)n(C)n2)c1. The van der Waals surface area contributed by atoms with Crippen molar-refractivity contribution in [2.45, 2.75) is 6.54 Å². The van der Waals surface area contributed by atoms with Crippen LogP contribution in [0.5, 0.6) is 11.5 Å². The molecule has 3 rings (SSSR count). The Balaban J connectivity index is 1.84. The van der Waals surface area contributed by atoms with Gasteiger partial charge in [0.2, 0.25) is 0 Å². The second-order valence-electron chi connectivity index (χ2n) is 5.64. The average Bonchev–Trinajstić information content (AvgIpc) is 3.08. The number of methoxy groups -OCH3 is 2. The largest absolute Gasteiger partial charge is 0.497 e. The van der Waals surface area contributed by atoms with E-state index < -0.39 is 0 Å². The first kappa shape index (κ1) is 17.5. The van der Waals surface area contributed by atoms with Crippen LogP contribution in [-0.4, -0.2) is 34.9 Å². The molecule has 0 aliphatic rings. The molecule has 0 atom stereocenters. The van der Waals surface area contributed by atoms with Crippen molar-refractivity contribution >= 4 is 5.91 Å². The molecule has 0 saturated heterocycles. The molecule has 1 aromatic carbocycles. The topological polar surface area (TPSA) is 78.3 Å². The van der Waals surface area contributed by atoms with Crippen LogP contribution in [0.25, 0.3) is 11.3 Å². The summed E-state index contributed by atoms with van der Waals surface area (Å²) in [5, 5.41) is 7.34. The molecule has 2 aromatic heterocycles. The highest BCUT2D eigenvalue weighted by molar-refractivity contribution is 5.93. The highest BCUT2D eigenvalue weighted by Gasteiger charge is 2.17. The van der Waals surface area contributed by atoms with E-state index >= 15 is 0 Å². The molecule has 2 heterocycles. The molecule has 7 nitrogen and oxygen atoms in total. The van der Waals surface area contributed by atoms with Crippen LogP contribution in [0.1, 0.15) is 16.1 Å². The predicted molar refractivity (Wildman–Crippen MR) is 97.2 cm³/mol. The predicted octanol–water partition coefficient (Wildman–Crippen LogP) is 2.43. The number of hydrogen-bond donors (Lipinski definition) is 1. The summed E-state index contributed by atoms with van der Waals surface area (Å²) in [4.78, 5) is 16.5. The van der Waals surface area contributed by atoms with Crippen molar-refractivity contribution in [3.05, 3.63) is 60.0 Å². The Morgan fingerprint density at radius 1 is 1.12 bits per heavy atom. The lowest BCUT2D eigenvalue weighted by atomic mass is 10.1.